The molecule has 2 atom stereocenters. The number of carbonyl (C=O) groups excluding carboxylic acids is 2. The molecule has 0 aliphatic rings. The monoisotopic (exact) mass is 794 g/mol. The number of carbonyl (C=O) groups is 2. The van der Waals surface area contributed by atoms with Crippen molar-refractivity contribution in [3.8, 4) is 0 Å². The summed E-state index contributed by atoms with van der Waals surface area (Å²) in [7, 11) is 0. The van der Waals surface area contributed by atoms with Crippen molar-refractivity contribution in [3.63, 3.8) is 0 Å². The van der Waals surface area contributed by atoms with Gasteiger partial charge in [0.05, 0.1) is 19.1 Å². The van der Waals surface area contributed by atoms with Gasteiger partial charge < -0.3 is 19.1 Å². The van der Waals surface area contributed by atoms with E-state index >= 15 is 0 Å². The molecule has 0 aliphatic heterocycles. The molecular formula is C50H99NO5. The van der Waals surface area contributed by atoms with Crippen molar-refractivity contribution in [3.05, 3.63) is 0 Å². The van der Waals surface area contributed by atoms with Gasteiger partial charge in [-0.15, -0.1) is 0 Å². The number of ether oxygens (including phenoxy) is 3. The Morgan fingerprint density at radius 1 is 0.429 bits per heavy atom. The summed E-state index contributed by atoms with van der Waals surface area (Å²) in [4.78, 5) is 27.6. The number of nitrogens with zero attached hydrogens (tertiary/aromatic N) is 1. The fraction of sp³-hybridized carbons (Fsp3) is 0.960. The van der Waals surface area contributed by atoms with Gasteiger partial charge >= 0.3 is 11.9 Å². The molecule has 56 heavy (non-hydrogen) atoms. The summed E-state index contributed by atoms with van der Waals surface area (Å²) in [5.41, 5.74) is 0. The average molecular weight is 794 g/mol. The van der Waals surface area contributed by atoms with E-state index in [0.717, 1.165) is 103 Å². The second-order valence-electron chi connectivity index (χ2n) is 17.2. The number of unbranched alkanes of at least 4 members (excludes halogenated alkanes) is 22. The second kappa shape index (κ2) is 45.0. The molecule has 0 aromatic carbocycles. The molecule has 334 valence electrons. The van der Waals surface area contributed by atoms with Crippen LogP contribution in [0.25, 0.3) is 0 Å². The molecule has 0 N–H and O–H groups in total. The zero-order valence-electron chi connectivity index (χ0n) is 38.6. The summed E-state index contributed by atoms with van der Waals surface area (Å²) in [6.07, 6.45) is 41.4. The van der Waals surface area contributed by atoms with E-state index in [9.17, 15) is 9.59 Å². The Morgan fingerprint density at radius 2 is 0.839 bits per heavy atom. The van der Waals surface area contributed by atoms with Crippen molar-refractivity contribution in [2.75, 3.05) is 46.1 Å². The van der Waals surface area contributed by atoms with Crippen molar-refractivity contribution in [1.82, 2.24) is 4.90 Å². The van der Waals surface area contributed by atoms with Gasteiger partial charge in [0.2, 0.25) is 0 Å². The van der Waals surface area contributed by atoms with Crippen LogP contribution in [-0.4, -0.2) is 62.9 Å². The minimum atomic E-state index is -0.0765. The standard InChI is InChI=1S/C50H99NO5/c1-6-11-15-19-21-28-37-47(36-27-17-13-8-3)46-54-44-33-25-23-31-41-51(43-35-40-49(52)55-10-5)42-32-24-26-34-45-56-50(53)48(38-29-18-14-9-4)39-30-22-20-16-12-7-2/h47-48H,6-46H2,1-5H3. The normalized spacial score (nSPS) is 12.7. The van der Waals surface area contributed by atoms with Gasteiger partial charge in [-0.05, 0) is 90.3 Å². The predicted molar refractivity (Wildman–Crippen MR) is 242 cm³/mol. The first-order valence-corrected chi connectivity index (χ1v) is 25.1. The van der Waals surface area contributed by atoms with E-state index in [1.54, 1.807) is 0 Å². The first-order chi connectivity index (χ1) is 27.5. The highest BCUT2D eigenvalue weighted by molar-refractivity contribution is 5.72. The van der Waals surface area contributed by atoms with Gasteiger partial charge in [-0.25, -0.2) is 0 Å². The second-order valence-corrected chi connectivity index (χ2v) is 17.2. The van der Waals surface area contributed by atoms with Gasteiger partial charge in [0.15, 0.2) is 0 Å². The van der Waals surface area contributed by atoms with Gasteiger partial charge in [-0.3, -0.25) is 9.59 Å². The van der Waals surface area contributed by atoms with Gasteiger partial charge in [-0.1, -0.05) is 182 Å². The maximum absolute atomic E-state index is 13.0. The molecule has 0 saturated heterocycles. The third kappa shape index (κ3) is 38.4. The lowest BCUT2D eigenvalue weighted by Gasteiger charge is -2.22. The highest BCUT2D eigenvalue weighted by Crippen LogP contribution is 2.22. The number of hydrogen-bond donors (Lipinski definition) is 0. The topological polar surface area (TPSA) is 65.1 Å². The molecule has 6 heteroatoms. The highest BCUT2D eigenvalue weighted by atomic mass is 16.5. The fourth-order valence-electron chi connectivity index (χ4n) is 7.99. The van der Waals surface area contributed by atoms with Crippen molar-refractivity contribution < 1.29 is 23.8 Å². The Kier molecular flexibility index (Phi) is 44.0. The summed E-state index contributed by atoms with van der Waals surface area (Å²) in [5.74, 6) is 0.812. The van der Waals surface area contributed by atoms with Crippen LogP contribution in [0, 0.1) is 11.8 Å². The first-order valence-electron chi connectivity index (χ1n) is 25.1. The summed E-state index contributed by atoms with van der Waals surface area (Å²) >= 11 is 0. The molecule has 0 aromatic rings. The number of esters is 2. The molecule has 0 rings (SSSR count). The van der Waals surface area contributed by atoms with E-state index in [-0.39, 0.29) is 17.9 Å². The van der Waals surface area contributed by atoms with Crippen molar-refractivity contribution in [1.29, 1.82) is 0 Å². The molecule has 0 aromatic heterocycles. The smallest absolute Gasteiger partial charge is 0.308 e. The maximum Gasteiger partial charge on any atom is 0.308 e. The SMILES string of the molecule is CCCCCCCCC(CCCCCC)COCCCCCCN(CCCCCCOC(=O)C(CCCCCC)CCCCCCCC)CCCC(=O)OCC. The molecule has 0 bridgehead atoms. The van der Waals surface area contributed by atoms with Gasteiger partial charge in [0, 0.05) is 19.6 Å². The summed E-state index contributed by atoms with van der Waals surface area (Å²) in [5, 5.41) is 0. The van der Waals surface area contributed by atoms with Crippen LogP contribution in [0.4, 0.5) is 0 Å². The lowest BCUT2D eigenvalue weighted by molar-refractivity contribution is -0.149. The summed E-state index contributed by atoms with van der Waals surface area (Å²) in [6.45, 7) is 17.0. The van der Waals surface area contributed by atoms with Gasteiger partial charge in [0.1, 0.15) is 0 Å². The van der Waals surface area contributed by atoms with Gasteiger partial charge in [0.25, 0.3) is 0 Å². The van der Waals surface area contributed by atoms with Crippen LogP contribution in [0.3, 0.4) is 0 Å². The molecule has 0 radical (unpaired) electrons. The minimum absolute atomic E-state index is 0.0555. The quantitative estimate of drug-likeness (QED) is 0.0452. The molecule has 0 heterocycles. The third-order valence-corrected chi connectivity index (χ3v) is 11.7. The third-order valence-electron chi connectivity index (χ3n) is 11.7. The van der Waals surface area contributed by atoms with Crippen LogP contribution in [0.1, 0.15) is 253 Å². The van der Waals surface area contributed by atoms with Crippen LogP contribution in [-0.2, 0) is 23.8 Å². The maximum atomic E-state index is 13.0. The molecule has 6 nitrogen and oxygen atoms in total. The predicted octanol–water partition coefficient (Wildman–Crippen LogP) is 15.0. The lowest BCUT2D eigenvalue weighted by Crippen LogP contribution is -2.28. The number of hydrogen-bond acceptors (Lipinski definition) is 6. The van der Waals surface area contributed by atoms with Crippen LogP contribution in [0.15, 0.2) is 0 Å². The average Bonchev–Trinajstić information content (AvgIpc) is 3.19. The summed E-state index contributed by atoms with van der Waals surface area (Å²) < 4.78 is 17.3. The fourth-order valence-corrected chi connectivity index (χ4v) is 7.99. The zero-order valence-corrected chi connectivity index (χ0v) is 38.6. The molecule has 0 spiro atoms. The Labute approximate surface area is 350 Å². The van der Waals surface area contributed by atoms with E-state index in [2.05, 4.69) is 32.6 Å². The Balaban J connectivity index is 4.47. The Hall–Kier alpha value is -1.14. The van der Waals surface area contributed by atoms with Crippen molar-refractivity contribution >= 4 is 11.9 Å². The van der Waals surface area contributed by atoms with Crippen LogP contribution in [0.2, 0.25) is 0 Å². The Bertz CT molecular complexity index is 806. The Morgan fingerprint density at radius 3 is 1.36 bits per heavy atom. The van der Waals surface area contributed by atoms with E-state index in [4.69, 9.17) is 14.2 Å². The van der Waals surface area contributed by atoms with E-state index < -0.39 is 0 Å². The van der Waals surface area contributed by atoms with Gasteiger partial charge in [-0.2, -0.15) is 0 Å². The van der Waals surface area contributed by atoms with Crippen molar-refractivity contribution in [2.45, 2.75) is 253 Å². The molecule has 0 fully saturated rings. The van der Waals surface area contributed by atoms with Crippen LogP contribution in [0.5, 0.6) is 0 Å². The lowest BCUT2D eigenvalue weighted by atomic mass is 9.94. The molecular weight excluding hydrogens is 695 g/mol. The van der Waals surface area contributed by atoms with Crippen LogP contribution < -0.4 is 0 Å². The first kappa shape index (κ1) is 54.9. The molecule has 2 unspecified atom stereocenters. The molecule has 0 saturated carbocycles. The zero-order chi connectivity index (χ0) is 41.0. The van der Waals surface area contributed by atoms with E-state index in [0.29, 0.717) is 19.6 Å². The minimum Gasteiger partial charge on any atom is -0.466 e. The van der Waals surface area contributed by atoms with E-state index in [1.807, 2.05) is 6.92 Å². The highest BCUT2D eigenvalue weighted by Gasteiger charge is 2.19. The van der Waals surface area contributed by atoms with Crippen LogP contribution >= 0.6 is 0 Å². The molecule has 0 amide bonds. The molecule has 0 aliphatic carbocycles. The summed E-state index contributed by atoms with van der Waals surface area (Å²) in [6, 6.07) is 0. The van der Waals surface area contributed by atoms with Crippen molar-refractivity contribution in [2.24, 2.45) is 11.8 Å². The number of rotatable bonds is 46. The van der Waals surface area contributed by atoms with E-state index in [1.165, 1.54) is 148 Å². The largest absolute Gasteiger partial charge is 0.466 e.